The average Bonchev–Trinajstić information content (AvgIpc) is 2.84. The van der Waals surface area contributed by atoms with E-state index in [1.807, 2.05) is 48.6 Å². The lowest BCUT2D eigenvalue weighted by atomic mass is 10.1. The van der Waals surface area contributed by atoms with Gasteiger partial charge in [0.05, 0.1) is 6.04 Å². The third-order valence-corrected chi connectivity index (χ3v) is 5.55. The highest BCUT2D eigenvalue weighted by Gasteiger charge is 2.19. The number of pyridine rings is 1. The second kappa shape index (κ2) is 5.43. The Morgan fingerprint density at radius 2 is 2.39 bits per heavy atom. The summed E-state index contributed by atoms with van der Waals surface area (Å²) in [5, 5.41) is 3.41. The van der Waals surface area contributed by atoms with E-state index in [0.717, 1.165) is 0 Å². The second-order valence-corrected chi connectivity index (χ2v) is 6.68. The molecule has 1 unspecified atom stereocenters. The highest BCUT2D eigenvalue weighted by atomic mass is 32.2. The lowest BCUT2D eigenvalue weighted by Crippen LogP contribution is -2.16. The molecular weight excluding hydrogens is 260 g/mol. The fourth-order valence-corrected chi connectivity index (χ4v) is 4.85. The first-order chi connectivity index (χ1) is 8.88. The molecule has 0 spiro atoms. The first kappa shape index (κ1) is 12.2. The normalized spacial score (nSPS) is 16.3. The Bertz CT molecular complexity index is 498. The Labute approximate surface area is 116 Å². The Kier molecular flexibility index (Phi) is 3.68. The Morgan fingerprint density at radius 3 is 3.11 bits per heavy atom. The quantitative estimate of drug-likeness (QED) is 0.931. The zero-order valence-corrected chi connectivity index (χ0v) is 12.0. The average molecular weight is 276 g/mol. The Morgan fingerprint density at radius 1 is 1.44 bits per heavy atom. The fourth-order valence-electron chi connectivity index (χ4n) is 2.33. The standard InChI is InChI=1S/C14H16N2S2/c1-15-14(10-3-2-5-16-8-10)13-7-11-9-17-6-4-12(11)18-13/h2-3,5,7-8,14-15H,4,6,9H2,1H3. The Balaban J connectivity index is 1.94. The van der Waals surface area contributed by atoms with Crippen LogP contribution in [0.1, 0.15) is 26.9 Å². The van der Waals surface area contributed by atoms with E-state index < -0.39 is 0 Å². The maximum atomic E-state index is 4.22. The van der Waals surface area contributed by atoms with Gasteiger partial charge >= 0.3 is 0 Å². The van der Waals surface area contributed by atoms with E-state index in [0.29, 0.717) is 0 Å². The molecule has 1 aliphatic heterocycles. The first-order valence-electron chi connectivity index (χ1n) is 6.15. The lowest BCUT2D eigenvalue weighted by molar-refractivity contribution is 0.700. The summed E-state index contributed by atoms with van der Waals surface area (Å²) in [5.74, 6) is 2.44. The summed E-state index contributed by atoms with van der Waals surface area (Å²) in [7, 11) is 2.02. The monoisotopic (exact) mass is 276 g/mol. The summed E-state index contributed by atoms with van der Waals surface area (Å²) >= 11 is 4.00. The molecule has 0 aromatic carbocycles. The predicted molar refractivity (Wildman–Crippen MR) is 79.3 cm³/mol. The van der Waals surface area contributed by atoms with Crippen LogP contribution in [0.25, 0.3) is 0 Å². The molecule has 0 saturated heterocycles. The molecule has 1 N–H and O–H groups in total. The number of thiophene rings is 1. The third kappa shape index (κ3) is 2.32. The molecule has 2 aromatic heterocycles. The van der Waals surface area contributed by atoms with Gasteiger partial charge < -0.3 is 5.32 Å². The summed E-state index contributed by atoms with van der Waals surface area (Å²) in [6.07, 6.45) is 5.01. The predicted octanol–water partition coefficient (Wildman–Crippen LogP) is 3.24. The van der Waals surface area contributed by atoms with Gasteiger partial charge in [-0.25, -0.2) is 0 Å². The summed E-state index contributed by atoms with van der Waals surface area (Å²) < 4.78 is 0. The van der Waals surface area contributed by atoms with E-state index >= 15 is 0 Å². The zero-order valence-electron chi connectivity index (χ0n) is 10.3. The van der Waals surface area contributed by atoms with Crippen LogP contribution in [0, 0.1) is 0 Å². The van der Waals surface area contributed by atoms with Gasteiger partial charge in [-0.3, -0.25) is 4.98 Å². The van der Waals surface area contributed by atoms with Crippen LogP contribution in [0.2, 0.25) is 0 Å². The number of rotatable bonds is 3. The third-order valence-electron chi connectivity index (χ3n) is 3.24. The smallest absolute Gasteiger partial charge is 0.0683 e. The van der Waals surface area contributed by atoms with Crippen LogP contribution in [0.15, 0.2) is 30.6 Å². The summed E-state index contributed by atoms with van der Waals surface area (Å²) in [4.78, 5) is 7.21. The molecule has 4 heteroatoms. The van der Waals surface area contributed by atoms with Crippen LogP contribution in [0.4, 0.5) is 0 Å². The highest BCUT2D eigenvalue weighted by molar-refractivity contribution is 7.98. The van der Waals surface area contributed by atoms with Gasteiger partial charge in [-0.2, -0.15) is 11.8 Å². The van der Waals surface area contributed by atoms with E-state index in [4.69, 9.17) is 0 Å². The van der Waals surface area contributed by atoms with Gasteiger partial charge in [0, 0.05) is 27.9 Å². The maximum Gasteiger partial charge on any atom is 0.0683 e. The number of thioether (sulfide) groups is 1. The first-order valence-corrected chi connectivity index (χ1v) is 8.12. The van der Waals surface area contributed by atoms with Crippen molar-refractivity contribution in [3.63, 3.8) is 0 Å². The van der Waals surface area contributed by atoms with E-state index in [9.17, 15) is 0 Å². The zero-order chi connectivity index (χ0) is 12.4. The molecular formula is C14H16N2S2. The molecule has 94 valence electrons. The number of aromatic nitrogens is 1. The van der Waals surface area contributed by atoms with Crippen LogP contribution in [-0.2, 0) is 12.2 Å². The molecule has 0 amide bonds. The van der Waals surface area contributed by atoms with Gasteiger partial charge in [0.2, 0.25) is 0 Å². The largest absolute Gasteiger partial charge is 0.309 e. The van der Waals surface area contributed by atoms with Gasteiger partial charge in [0.1, 0.15) is 0 Å². The molecule has 2 aromatic rings. The van der Waals surface area contributed by atoms with Crippen LogP contribution in [0.3, 0.4) is 0 Å². The highest BCUT2D eigenvalue weighted by Crippen LogP contribution is 2.36. The number of hydrogen-bond donors (Lipinski definition) is 1. The van der Waals surface area contributed by atoms with Crippen molar-refractivity contribution in [1.29, 1.82) is 0 Å². The number of fused-ring (bicyclic) bond motifs is 1. The molecule has 3 heterocycles. The van der Waals surface area contributed by atoms with Crippen LogP contribution in [0.5, 0.6) is 0 Å². The summed E-state index contributed by atoms with van der Waals surface area (Å²) in [6, 6.07) is 6.80. The topological polar surface area (TPSA) is 24.9 Å². The van der Waals surface area contributed by atoms with Crippen molar-refractivity contribution in [2.24, 2.45) is 0 Å². The minimum atomic E-state index is 0.277. The van der Waals surface area contributed by atoms with Crippen molar-refractivity contribution in [3.8, 4) is 0 Å². The molecule has 18 heavy (non-hydrogen) atoms. The van der Waals surface area contributed by atoms with Crippen molar-refractivity contribution >= 4 is 23.1 Å². The van der Waals surface area contributed by atoms with Gasteiger partial charge in [-0.05, 0) is 42.5 Å². The maximum absolute atomic E-state index is 4.22. The minimum absolute atomic E-state index is 0.277. The van der Waals surface area contributed by atoms with E-state index in [2.05, 4.69) is 22.4 Å². The molecule has 2 nitrogen and oxygen atoms in total. The summed E-state index contributed by atoms with van der Waals surface area (Å²) in [5.41, 5.74) is 2.78. The molecule has 0 fully saturated rings. The molecule has 0 saturated carbocycles. The van der Waals surface area contributed by atoms with Crippen molar-refractivity contribution in [3.05, 3.63) is 51.5 Å². The SMILES string of the molecule is CNC(c1cccnc1)c1cc2c(s1)CCSC2. The fraction of sp³-hybridized carbons (Fsp3) is 0.357. The number of aryl methyl sites for hydroxylation is 1. The van der Waals surface area contributed by atoms with Gasteiger partial charge in [0.25, 0.3) is 0 Å². The molecule has 1 aliphatic rings. The lowest BCUT2D eigenvalue weighted by Gasteiger charge is -2.14. The van der Waals surface area contributed by atoms with E-state index in [1.165, 1.54) is 33.9 Å². The van der Waals surface area contributed by atoms with Gasteiger partial charge in [-0.15, -0.1) is 11.3 Å². The molecule has 0 bridgehead atoms. The minimum Gasteiger partial charge on any atom is -0.309 e. The van der Waals surface area contributed by atoms with Gasteiger partial charge in [0.15, 0.2) is 0 Å². The molecule has 0 radical (unpaired) electrons. The van der Waals surface area contributed by atoms with Crippen molar-refractivity contribution in [2.45, 2.75) is 18.2 Å². The van der Waals surface area contributed by atoms with Crippen LogP contribution in [-0.4, -0.2) is 17.8 Å². The van der Waals surface area contributed by atoms with Crippen LogP contribution < -0.4 is 5.32 Å². The van der Waals surface area contributed by atoms with Crippen LogP contribution >= 0.6 is 23.1 Å². The number of nitrogens with one attached hydrogen (secondary N) is 1. The van der Waals surface area contributed by atoms with Crippen molar-refractivity contribution < 1.29 is 0 Å². The molecule has 1 atom stereocenters. The molecule has 3 rings (SSSR count). The Hall–Kier alpha value is -0.840. The number of nitrogens with zero attached hydrogens (tertiary/aromatic N) is 1. The van der Waals surface area contributed by atoms with Crippen molar-refractivity contribution in [2.75, 3.05) is 12.8 Å². The molecule has 0 aliphatic carbocycles. The van der Waals surface area contributed by atoms with E-state index in [-0.39, 0.29) is 6.04 Å². The van der Waals surface area contributed by atoms with Crippen molar-refractivity contribution in [1.82, 2.24) is 10.3 Å². The van der Waals surface area contributed by atoms with Gasteiger partial charge in [-0.1, -0.05) is 6.07 Å². The van der Waals surface area contributed by atoms with E-state index in [1.54, 1.807) is 4.88 Å². The summed E-state index contributed by atoms with van der Waals surface area (Å²) in [6.45, 7) is 0. The second-order valence-electron chi connectivity index (χ2n) is 4.41. The number of hydrogen-bond acceptors (Lipinski definition) is 4.